The predicted molar refractivity (Wildman–Crippen MR) is 113 cm³/mol. The Labute approximate surface area is 177 Å². The second kappa shape index (κ2) is 9.91. The maximum atomic E-state index is 11.2. The number of rotatable bonds is 8. The van der Waals surface area contributed by atoms with Gasteiger partial charge >= 0.3 is 5.69 Å². The van der Waals surface area contributed by atoms with Crippen LogP contribution in [0.25, 0.3) is 0 Å². The summed E-state index contributed by atoms with van der Waals surface area (Å²) in [5, 5.41) is 16.4. The SMILES string of the molecule is O=[N+]([O-])c1ccccc1OCC(=NOCc1ccc(Cl)cc1Cl)c1ccccc1. The highest BCUT2D eigenvalue weighted by Gasteiger charge is 2.15. The number of oxime groups is 1. The molecule has 0 aliphatic heterocycles. The van der Waals surface area contributed by atoms with Gasteiger partial charge in [-0.25, -0.2) is 0 Å². The summed E-state index contributed by atoms with van der Waals surface area (Å²) in [5.74, 6) is 0.155. The van der Waals surface area contributed by atoms with Crippen LogP contribution in [-0.4, -0.2) is 17.2 Å². The van der Waals surface area contributed by atoms with Crippen LogP contribution in [0.15, 0.2) is 78.0 Å². The molecule has 0 unspecified atom stereocenters. The molecule has 8 heteroatoms. The number of nitro benzene ring substituents is 1. The molecule has 0 aromatic heterocycles. The van der Waals surface area contributed by atoms with E-state index in [1.54, 1.807) is 30.3 Å². The van der Waals surface area contributed by atoms with Crippen molar-refractivity contribution < 1.29 is 14.5 Å². The summed E-state index contributed by atoms with van der Waals surface area (Å²) < 4.78 is 5.66. The second-order valence-electron chi connectivity index (χ2n) is 5.93. The third-order valence-corrected chi connectivity index (χ3v) is 4.53. The highest BCUT2D eigenvalue weighted by molar-refractivity contribution is 6.35. The molecule has 0 saturated carbocycles. The Morgan fingerprint density at radius 2 is 1.72 bits per heavy atom. The zero-order valence-electron chi connectivity index (χ0n) is 15.1. The first-order chi connectivity index (χ1) is 14.0. The first-order valence-corrected chi connectivity index (χ1v) is 9.34. The Morgan fingerprint density at radius 3 is 2.45 bits per heavy atom. The molecule has 3 aromatic carbocycles. The van der Waals surface area contributed by atoms with Gasteiger partial charge in [0, 0.05) is 27.2 Å². The van der Waals surface area contributed by atoms with Gasteiger partial charge in [0.2, 0.25) is 0 Å². The molecular weight excluding hydrogens is 415 g/mol. The lowest BCUT2D eigenvalue weighted by molar-refractivity contribution is -0.385. The lowest BCUT2D eigenvalue weighted by atomic mass is 10.1. The molecule has 0 aliphatic carbocycles. The van der Waals surface area contributed by atoms with Gasteiger partial charge < -0.3 is 9.57 Å². The molecule has 0 amide bonds. The van der Waals surface area contributed by atoms with E-state index in [-0.39, 0.29) is 24.7 Å². The molecule has 0 spiro atoms. The number of benzene rings is 3. The molecule has 3 aromatic rings. The van der Waals surface area contributed by atoms with Crippen LogP contribution < -0.4 is 4.74 Å². The number of ether oxygens (including phenoxy) is 1. The van der Waals surface area contributed by atoms with E-state index in [9.17, 15) is 10.1 Å². The fourth-order valence-electron chi connectivity index (χ4n) is 2.49. The van der Waals surface area contributed by atoms with Gasteiger partial charge in [-0.3, -0.25) is 10.1 Å². The van der Waals surface area contributed by atoms with Crippen molar-refractivity contribution >= 4 is 34.6 Å². The Kier molecular flexibility index (Phi) is 7.05. The van der Waals surface area contributed by atoms with Gasteiger partial charge in [-0.05, 0) is 18.2 Å². The number of nitrogens with zero attached hydrogens (tertiary/aromatic N) is 2. The Balaban J connectivity index is 1.77. The van der Waals surface area contributed by atoms with E-state index in [0.717, 1.165) is 11.1 Å². The molecule has 29 heavy (non-hydrogen) atoms. The third-order valence-electron chi connectivity index (χ3n) is 3.94. The van der Waals surface area contributed by atoms with Gasteiger partial charge in [0.05, 0.1) is 4.92 Å². The largest absolute Gasteiger partial charge is 0.480 e. The average Bonchev–Trinajstić information content (AvgIpc) is 2.72. The third kappa shape index (κ3) is 5.70. The van der Waals surface area contributed by atoms with Crippen LogP contribution >= 0.6 is 23.2 Å². The molecule has 0 heterocycles. The van der Waals surface area contributed by atoms with Gasteiger partial charge in [-0.2, -0.15) is 0 Å². The fourth-order valence-corrected chi connectivity index (χ4v) is 2.95. The van der Waals surface area contributed by atoms with E-state index in [2.05, 4.69) is 5.16 Å². The zero-order valence-corrected chi connectivity index (χ0v) is 16.6. The molecule has 0 saturated heterocycles. The van der Waals surface area contributed by atoms with Crippen molar-refractivity contribution in [3.05, 3.63) is 104 Å². The Bertz CT molecular complexity index is 1030. The molecule has 0 N–H and O–H groups in total. The minimum atomic E-state index is -0.492. The van der Waals surface area contributed by atoms with E-state index in [0.29, 0.717) is 15.8 Å². The van der Waals surface area contributed by atoms with E-state index < -0.39 is 4.92 Å². The summed E-state index contributed by atoms with van der Waals surface area (Å²) in [6.45, 7) is 0.126. The molecule has 0 atom stereocenters. The standard InChI is InChI=1S/C21H16Cl2N2O4/c22-17-11-10-16(18(23)12-17)13-29-24-19(15-6-2-1-3-7-15)14-28-21-9-5-4-8-20(21)25(26)27/h1-12H,13-14H2. The zero-order chi connectivity index (χ0) is 20.6. The molecule has 0 fully saturated rings. The molecule has 3 rings (SSSR count). The number of halogens is 2. The summed E-state index contributed by atoms with van der Waals surface area (Å²) in [7, 11) is 0. The van der Waals surface area contributed by atoms with E-state index in [1.807, 2.05) is 30.3 Å². The smallest absolute Gasteiger partial charge is 0.310 e. The fraction of sp³-hybridized carbons (Fsp3) is 0.0952. The van der Waals surface area contributed by atoms with Crippen LogP contribution in [0.3, 0.4) is 0 Å². The van der Waals surface area contributed by atoms with Crippen LogP contribution in [0.1, 0.15) is 11.1 Å². The van der Waals surface area contributed by atoms with Crippen LogP contribution in [0, 0.1) is 10.1 Å². The summed E-state index contributed by atoms with van der Waals surface area (Å²) in [6, 6.07) is 20.5. The van der Waals surface area contributed by atoms with Crippen molar-refractivity contribution in [1.29, 1.82) is 0 Å². The quantitative estimate of drug-likeness (QED) is 0.253. The number of para-hydroxylation sites is 2. The van der Waals surface area contributed by atoms with E-state index in [4.69, 9.17) is 32.8 Å². The Morgan fingerprint density at radius 1 is 1.00 bits per heavy atom. The summed E-state index contributed by atoms with van der Waals surface area (Å²) in [6.07, 6.45) is 0. The lowest BCUT2D eigenvalue weighted by Gasteiger charge is -2.10. The van der Waals surface area contributed by atoms with Crippen LogP contribution in [-0.2, 0) is 11.4 Å². The van der Waals surface area contributed by atoms with Gasteiger partial charge in [0.15, 0.2) is 5.75 Å². The molecular formula is C21H16Cl2N2O4. The minimum absolute atomic E-state index is 0.0107. The van der Waals surface area contributed by atoms with Crippen molar-refractivity contribution in [2.24, 2.45) is 5.16 Å². The molecule has 148 valence electrons. The van der Waals surface area contributed by atoms with Gasteiger partial charge in [-0.15, -0.1) is 0 Å². The van der Waals surface area contributed by atoms with Gasteiger partial charge in [-0.1, -0.05) is 76.9 Å². The van der Waals surface area contributed by atoms with Crippen molar-refractivity contribution in [1.82, 2.24) is 0 Å². The van der Waals surface area contributed by atoms with Gasteiger partial charge in [0.25, 0.3) is 0 Å². The first-order valence-electron chi connectivity index (χ1n) is 8.59. The summed E-state index contributed by atoms with van der Waals surface area (Å²) in [4.78, 5) is 16.1. The molecule has 0 aliphatic rings. The van der Waals surface area contributed by atoms with Crippen molar-refractivity contribution in [2.75, 3.05) is 6.61 Å². The molecule has 0 bridgehead atoms. The number of hydrogen-bond acceptors (Lipinski definition) is 5. The van der Waals surface area contributed by atoms with E-state index in [1.165, 1.54) is 12.1 Å². The highest BCUT2D eigenvalue weighted by atomic mass is 35.5. The van der Waals surface area contributed by atoms with Crippen LogP contribution in [0.4, 0.5) is 5.69 Å². The highest BCUT2D eigenvalue weighted by Crippen LogP contribution is 2.26. The number of hydrogen-bond donors (Lipinski definition) is 0. The van der Waals surface area contributed by atoms with Gasteiger partial charge in [0.1, 0.15) is 18.9 Å². The Hall–Kier alpha value is -3.09. The second-order valence-corrected chi connectivity index (χ2v) is 6.77. The van der Waals surface area contributed by atoms with Crippen molar-refractivity contribution in [3.8, 4) is 5.75 Å². The van der Waals surface area contributed by atoms with Crippen molar-refractivity contribution in [3.63, 3.8) is 0 Å². The normalized spacial score (nSPS) is 11.2. The van der Waals surface area contributed by atoms with Crippen LogP contribution in [0.2, 0.25) is 10.0 Å². The number of nitro groups is 1. The van der Waals surface area contributed by atoms with Crippen LogP contribution in [0.5, 0.6) is 5.75 Å². The monoisotopic (exact) mass is 430 g/mol. The average molecular weight is 431 g/mol. The maximum Gasteiger partial charge on any atom is 0.310 e. The predicted octanol–water partition coefficient (Wildman–Crippen LogP) is 5.90. The van der Waals surface area contributed by atoms with Crippen molar-refractivity contribution in [2.45, 2.75) is 6.61 Å². The molecule has 0 radical (unpaired) electrons. The summed E-state index contributed by atoms with van der Waals surface area (Å²) in [5.41, 5.74) is 1.86. The maximum absolute atomic E-state index is 11.2. The topological polar surface area (TPSA) is 74.0 Å². The minimum Gasteiger partial charge on any atom is -0.480 e. The van der Waals surface area contributed by atoms with E-state index >= 15 is 0 Å². The summed E-state index contributed by atoms with van der Waals surface area (Å²) >= 11 is 12.0. The molecule has 6 nitrogen and oxygen atoms in total. The first kappa shape index (κ1) is 20.6. The lowest BCUT2D eigenvalue weighted by Crippen LogP contribution is -2.14.